The molecule has 0 aromatic carbocycles. The predicted molar refractivity (Wildman–Crippen MR) is 75.6 cm³/mol. The van der Waals surface area contributed by atoms with Gasteiger partial charge in [0.15, 0.2) is 5.75 Å². The van der Waals surface area contributed by atoms with Gasteiger partial charge < -0.3 is 10.1 Å². The first-order valence-corrected chi connectivity index (χ1v) is 7.22. The third-order valence-electron chi connectivity index (χ3n) is 3.95. The number of rotatable bonds is 2. The van der Waals surface area contributed by atoms with Crippen LogP contribution in [0.15, 0.2) is 22.9 Å². The highest BCUT2D eigenvalue weighted by Gasteiger charge is 2.32. The van der Waals surface area contributed by atoms with Crippen LogP contribution in [0.1, 0.15) is 24.8 Å². The predicted octanol–water partition coefficient (Wildman–Crippen LogP) is 3.01. The molecule has 0 radical (unpaired) electrons. The molecule has 0 bridgehead atoms. The molecule has 1 fully saturated rings. The number of ether oxygens (including phenoxy) is 1. The number of allylic oxidation sites excluding steroid dienone is 1. The summed E-state index contributed by atoms with van der Waals surface area (Å²) in [5, 5.41) is 3.61. The van der Waals surface area contributed by atoms with Crippen molar-refractivity contribution in [1.82, 2.24) is 10.3 Å². The molecule has 4 heteroatoms. The molecule has 18 heavy (non-hydrogen) atoms. The van der Waals surface area contributed by atoms with Gasteiger partial charge in [-0.25, -0.2) is 4.98 Å². The minimum Gasteiger partial charge on any atom is -0.494 e. The molecule has 2 atom stereocenters. The summed E-state index contributed by atoms with van der Waals surface area (Å²) in [4.78, 5) is 4.36. The Bertz CT molecular complexity index is 487. The van der Waals surface area contributed by atoms with Gasteiger partial charge in [-0.15, -0.1) is 0 Å². The van der Waals surface area contributed by atoms with Crippen molar-refractivity contribution in [3.05, 3.63) is 28.5 Å². The smallest absolute Gasteiger partial charge is 0.152 e. The normalized spacial score (nSPS) is 26.7. The second kappa shape index (κ2) is 5.02. The first kappa shape index (κ1) is 12.2. The highest BCUT2D eigenvalue weighted by Crippen LogP contribution is 2.37. The van der Waals surface area contributed by atoms with Gasteiger partial charge in [-0.1, -0.05) is 6.08 Å². The van der Waals surface area contributed by atoms with E-state index in [0.29, 0.717) is 6.04 Å². The molecule has 1 N–H and O–H groups in total. The van der Waals surface area contributed by atoms with Crippen LogP contribution in [0.3, 0.4) is 0 Å². The summed E-state index contributed by atoms with van der Waals surface area (Å²) in [5.41, 5.74) is 2.57. The van der Waals surface area contributed by atoms with E-state index in [9.17, 15) is 0 Å². The molecule has 2 aliphatic rings. The van der Waals surface area contributed by atoms with E-state index in [1.54, 1.807) is 7.11 Å². The molecular weight excluding hydrogens is 292 g/mol. The van der Waals surface area contributed by atoms with Gasteiger partial charge in [0, 0.05) is 17.8 Å². The van der Waals surface area contributed by atoms with Crippen molar-refractivity contribution in [3.63, 3.8) is 0 Å². The Kier molecular flexibility index (Phi) is 3.39. The average molecular weight is 309 g/mol. The number of halogens is 1. The molecule has 1 aromatic heterocycles. The molecular formula is C14H17BrN2O. The third-order valence-corrected chi connectivity index (χ3v) is 4.54. The van der Waals surface area contributed by atoms with Gasteiger partial charge in [0.05, 0.1) is 7.11 Å². The van der Waals surface area contributed by atoms with Gasteiger partial charge in [-0.05, 0) is 59.3 Å². The molecule has 2 heterocycles. The average Bonchev–Trinajstić information content (AvgIpc) is 2.87. The first-order chi connectivity index (χ1) is 8.79. The highest BCUT2D eigenvalue weighted by atomic mass is 79.9. The molecule has 3 rings (SSSR count). The van der Waals surface area contributed by atoms with E-state index in [1.807, 2.05) is 6.20 Å². The highest BCUT2D eigenvalue weighted by molar-refractivity contribution is 9.10. The van der Waals surface area contributed by atoms with Crippen molar-refractivity contribution in [2.75, 3.05) is 13.7 Å². The summed E-state index contributed by atoms with van der Waals surface area (Å²) in [7, 11) is 1.68. The number of fused-ring (bicyclic) bond motifs is 1. The van der Waals surface area contributed by atoms with E-state index in [0.717, 1.165) is 22.8 Å². The fraction of sp³-hybridized carbons (Fsp3) is 0.500. The summed E-state index contributed by atoms with van der Waals surface area (Å²) < 4.78 is 6.10. The number of hydrogen-bond donors (Lipinski definition) is 1. The van der Waals surface area contributed by atoms with Crippen LogP contribution < -0.4 is 10.1 Å². The summed E-state index contributed by atoms with van der Waals surface area (Å²) in [6.45, 7) is 1.13. The van der Waals surface area contributed by atoms with Crippen molar-refractivity contribution in [1.29, 1.82) is 0 Å². The second-order valence-corrected chi connectivity index (χ2v) is 5.69. The Balaban J connectivity index is 1.96. The monoisotopic (exact) mass is 308 g/mol. The van der Waals surface area contributed by atoms with Crippen molar-refractivity contribution >= 4 is 21.5 Å². The van der Waals surface area contributed by atoms with E-state index >= 15 is 0 Å². The molecule has 0 unspecified atom stereocenters. The van der Waals surface area contributed by atoms with Crippen molar-refractivity contribution < 1.29 is 4.74 Å². The zero-order chi connectivity index (χ0) is 12.5. The molecule has 0 amide bonds. The van der Waals surface area contributed by atoms with E-state index in [1.165, 1.54) is 30.4 Å². The van der Waals surface area contributed by atoms with Crippen LogP contribution in [-0.4, -0.2) is 24.7 Å². The van der Waals surface area contributed by atoms with E-state index in [-0.39, 0.29) is 0 Å². The number of aromatic nitrogens is 1. The molecule has 1 aliphatic heterocycles. The third kappa shape index (κ3) is 2.08. The zero-order valence-corrected chi connectivity index (χ0v) is 12.0. The molecule has 0 saturated carbocycles. The standard InChI is InChI=1S/C14H17BrN2O/c1-18-12-7-10(8-17-14(12)15)11-4-2-3-9-5-6-16-13(9)11/h4,7-9,13,16H,2-3,5-6H2,1H3/t9-,13+/m0/s1. The van der Waals surface area contributed by atoms with Gasteiger partial charge >= 0.3 is 0 Å². The van der Waals surface area contributed by atoms with Crippen molar-refractivity contribution in [2.45, 2.75) is 25.3 Å². The van der Waals surface area contributed by atoms with Gasteiger partial charge in [-0.3, -0.25) is 0 Å². The number of nitrogens with zero attached hydrogens (tertiary/aromatic N) is 1. The van der Waals surface area contributed by atoms with E-state index < -0.39 is 0 Å². The Hall–Kier alpha value is -0.870. The Morgan fingerprint density at radius 2 is 2.33 bits per heavy atom. The zero-order valence-electron chi connectivity index (χ0n) is 10.4. The van der Waals surface area contributed by atoms with Crippen LogP contribution in [0.5, 0.6) is 5.75 Å². The SMILES string of the molecule is COc1cc(C2=CCC[C@H]3CCN[C@@H]23)cnc1Br. The molecule has 3 nitrogen and oxygen atoms in total. The lowest BCUT2D eigenvalue weighted by molar-refractivity contribution is 0.409. The van der Waals surface area contributed by atoms with Gasteiger partial charge in [0.1, 0.15) is 4.60 Å². The summed E-state index contributed by atoms with van der Waals surface area (Å²) in [6.07, 6.45) is 8.06. The Labute approximate surface area is 116 Å². The molecule has 1 aliphatic carbocycles. The quantitative estimate of drug-likeness (QED) is 0.853. The lowest BCUT2D eigenvalue weighted by atomic mass is 9.82. The van der Waals surface area contributed by atoms with Crippen LogP contribution in [0.4, 0.5) is 0 Å². The summed E-state index contributed by atoms with van der Waals surface area (Å²) in [6, 6.07) is 2.58. The van der Waals surface area contributed by atoms with Gasteiger partial charge in [0.25, 0.3) is 0 Å². The Morgan fingerprint density at radius 1 is 1.44 bits per heavy atom. The minimum atomic E-state index is 0.506. The van der Waals surface area contributed by atoms with E-state index in [4.69, 9.17) is 4.74 Å². The maximum absolute atomic E-state index is 5.33. The fourth-order valence-corrected chi connectivity index (χ4v) is 3.42. The minimum absolute atomic E-state index is 0.506. The van der Waals surface area contributed by atoms with E-state index in [2.05, 4.69) is 38.4 Å². The Morgan fingerprint density at radius 3 is 3.17 bits per heavy atom. The van der Waals surface area contributed by atoms with Crippen molar-refractivity contribution in [3.8, 4) is 5.75 Å². The number of nitrogens with one attached hydrogen (secondary N) is 1. The number of hydrogen-bond acceptors (Lipinski definition) is 3. The topological polar surface area (TPSA) is 34.1 Å². The van der Waals surface area contributed by atoms with Crippen LogP contribution in [0, 0.1) is 5.92 Å². The summed E-state index contributed by atoms with van der Waals surface area (Å²) in [5.74, 6) is 1.59. The van der Waals surface area contributed by atoms with Crippen LogP contribution in [0.25, 0.3) is 5.57 Å². The second-order valence-electron chi connectivity index (χ2n) is 4.93. The molecule has 0 spiro atoms. The number of methoxy groups -OCH3 is 1. The first-order valence-electron chi connectivity index (χ1n) is 6.43. The molecule has 1 saturated heterocycles. The summed E-state index contributed by atoms with van der Waals surface area (Å²) >= 11 is 3.40. The van der Waals surface area contributed by atoms with Gasteiger partial charge in [0.2, 0.25) is 0 Å². The maximum Gasteiger partial charge on any atom is 0.152 e. The fourth-order valence-electron chi connectivity index (χ4n) is 3.04. The number of pyridine rings is 1. The largest absolute Gasteiger partial charge is 0.494 e. The van der Waals surface area contributed by atoms with Crippen LogP contribution in [0.2, 0.25) is 0 Å². The lowest BCUT2D eigenvalue weighted by Crippen LogP contribution is -2.30. The molecule has 1 aromatic rings. The van der Waals surface area contributed by atoms with Crippen LogP contribution in [-0.2, 0) is 0 Å². The van der Waals surface area contributed by atoms with Crippen molar-refractivity contribution in [2.24, 2.45) is 5.92 Å². The van der Waals surface area contributed by atoms with Gasteiger partial charge in [-0.2, -0.15) is 0 Å². The molecule has 96 valence electrons. The van der Waals surface area contributed by atoms with Crippen LogP contribution >= 0.6 is 15.9 Å². The lowest BCUT2D eigenvalue weighted by Gasteiger charge is -2.27. The maximum atomic E-state index is 5.33.